The van der Waals surface area contributed by atoms with Gasteiger partial charge in [-0.05, 0) is 25.2 Å². The number of anilines is 1. The summed E-state index contributed by atoms with van der Waals surface area (Å²) in [6, 6.07) is 4.98. The van der Waals surface area contributed by atoms with Crippen molar-refractivity contribution in [1.29, 1.82) is 0 Å². The number of carbonyl (C=O) groups excluding carboxylic acids is 1. The summed E-state index contributed by atoms with van der Waals surface area (Å²) in [5.41, 5.74) is 2.75. The summed E-state index contributed by atoms with van der Waals surface area (Å²) >= 11 is 0. The Kier molecular flexibility index (Phi) is 4.34. The van der Waals surface area contributed by atoms with Crippen molar-refractivity contribution >= 4 is 22.7 Å². The van der Waals surface area contributed by atoms with Crippen LogP contribution in [0.4, 0.5) is 5.69 Å². The van der Waals surface area contributed by atoms with Gasteiger partial charge in [-0.1, -0.05) is 20.8 Å². The predicted molar refractivity (Wildman–Crippen MR) is 96.3 cm³/mol. The number of carbonyl (C=O) groups is 1. The number of nitrogens with one attached hydrogen (secondary N) is 2. The van der Waals surface area contributed by atoms with Gasteiger partial charge in [0.1, 0.15) is 11.6 Å². The van der Waals surface area contributed by atoms with Crippen molar-refractivity contribution in [2.24, 2.45) is 7.05 Å². The quantitative estimate of drug-likeness (QED) is 0.762. The molecule has 7 heteroatoms. The molecule has 0 radical (unpaired) electrons. The van der Waals surface area contributed by atoms with Crippen molar-refractivity contribution in [3.63, 3.8) is 0 Å². The van der Waals surface area contributed by atoms with Crippen molar-refractivity contribution < 1.29 is 9.21 Å². The molecule has 0 aliphatic heterocycles. The summed E-state index contributed by atoms with van der Waals surface area (Å²) in [6.07, 6.45) is 3.49. The van der Waals surface area contributed by atoms with E-state index in [2.05, 4.69) is 20.7 Å². The first-order valence-corrected chi connectivity index (χ1v) is 8.15. The molecule has 1 aromatic carbocycles. The Labute approximate surface area is 146 Å². The summed E-state index contributed by atoms with van der Waals surface area (Å²) in [4.78, 5) is 17.1. The van der Waals surface area contributed by atoms with Crippen molar-refractivity contribution in [3.05, 3.63) is 42.0 Å². The summed E-state index contributed by atoms with van der Waals surface area (Å²) in [5, 5.41) is 10.0. The van der Waals surface area contributed by atoms with E-state index in [1.807, 2.05) is 52.2 Å². The molecular formula is C18H23N5O2. The van der Waals surface area contributed by atoms with Crippen molar-refractivity contribution in [2.45, 2.75) is 32.2 Å². The van der Waals surface area contributed by atoms with E-state index >= 15 is 0 Å². The maximum atomic E-state index is 12.6. The highest BCUT2D eigenvalue weighted by Gasteiger charge is 2.22. The largest absolute Gasteiger partial charge is 0.440 e. The van der Waals surface area contributed by atoms with Gasteiger partial charge in [-0.15, -0.1) is 0 Å². The van der Waals surface area contributed by atoms with E-state index < -0.39 is 6.04 Å². The Morgan fingerprint density at radius 3 is 2.68 bits per heavy atom. The van der Waals surface area contributed by atoms with E-state index in [1.54, 1.807) is 17.9 Å². The fraction of sp³-hybridized carbons (Fsp3) is 0.389. The normalized spacial score (nSPS) is 13.2. The summed E-state index contributed by atoms with van der Waals surface area (Å²) < 4.78 is 7.46. The molecule has 1 atom stereocenters. The Bertz CT molecular complexity index is 904. The third kappa shape index (κ3) is 3.56. The van der Waals surface area contributed by atoms with Crippen molar-refractivity contribution in [3.8, 4) is 0 Å². The lowest BCUT2D eigenvalue weighted by atomic mass is 9.97. The van der Waals surface area contributed by atoms with Gasteiger partial charge in [0, 0.05) is 29.9 Å². The Morgan fingerprint density at radius 1 is 1.32 bits per heavy atom. The second kappa shape index (κ2) is 6.33. The van der Waals surface area contributed by atoms with Gasteiger partial charge in [-0.25, -0.2) is 4.98 Å². The van der Waals surface area contributed by atoms with E-state index in [9.17, 15) is 4.79 Å². The molecule has 2 heterocycles. The SMILES string of the molecule is CNC(C(=O)Nc1ccc2oc(C(C)(C)C)nc2c1)c1cnn(C)c1. The average molecular weight is 341 g/mol. The molecule has 3 rings (SSSR count). The van der Waals surface area contributed by atoms with Crippen LogP contribution in [-0.4, -0.2) is 27.7 Å². The minimum atomic E-state index is -0.480. The van der Waals surface area contributed by atoms with E-state index in [4.69, 9.17) is 4.42 Å². The summed E-state index contributed by atoms with van der Waals surface area (Å²) in [7, 11) is 3.56. The number of likely N-dealkylation sites (N-methyl/N-ethyl adjacent to an activating group) is 1. The number of rotatable bonds is 4. The molecule has 3 aromatic rings. The highest BCUT2D eigenvalue weighted by Crippen LogP contribution is 2.27. The van der Waals surface area contributed by atoms with Gasteiger partial charge >= 0.3 is 0 Å². The average Bonchev–Trinajstić information content (AvgIpc) is 3.13. The standard InChI is InChI=1S/C18H23N5O2/c1-18(2,3)17-22-13-8-12(6-7-14(13)25-17)21-16(24)15(19-4)11-9-20-23(5)10-11/h6-10,15,19H,1-5H3,(H,21,24). The molecule has 0 bridgehead atoms. The second-order valence-electron chi connectivity index (χ2n) is 7.11. The van der Waals surface area contributed by atoms with Crippen LogP contribution in [0.2, 0.25) is 0 Å². The van der Waals surface area contributed by atoms with Crippen LogP contribution in [0.5, 0.6) is 0 Å². The second-order valence-corrected chi connectivity index (χ2v) is 7.11. The Morgan fingerprint density at radius 2 is 2.08 bits per heavy atom. The summed E-state index contributed by atoms with van der Waals surface area (Å²) in [6.45, 7) is 6.14. The number of benzene rings is 1. The molecule has 132 valence electrons. The van der Waals surface area contributed by atoms with Gasteiger partial charge in [0.2, 0.25) is 11.8 Å². The zero-order valence-electron chi connectivity index (χ0n) is 15.1. The van der Waals surface area contributed by atoms with Crippen LogP contribution in [0, 0.1) is 0 Å². The van der Waals surface area contributed by atoms with E-state index in [0.29, 0.717) is 17.2 Å². The van der Waals surface area contributed by atoms with Gasteiger partial charge < -0.3 is 15.1 Å². The fourth-order valence-corrected chi connectivity index (χ4v) is 2.58. The smallest absolute Gasteiger partial charge is 0.246 e. The third-order valence-corrected chi connectivity index (χ3v) is 3.91. The van der Waals surface area contributed by atoms with E-state index in [1.165, 1.54) is 0 Å². The maximum Gasteiger partial charge on any atom is 0.246 e. The molecule has 0 aliphatic rings. The fourth-order valence-electron chi connectivity index (χ4n) is 2.58. The zero-order chi connectivity index (χ0) is 18.2. The number of aromatic nitrogens is 3. The molecule has 1 amide bonds. The van der Waals surface area contributed by atoms with E-state index in [-0.39, 0.29) is 11.3 Å². The molecule has 25 heavy (non-hydrogen) atoms. The van der Waals surface area contributed by atoms with Gasteiger partial charge in [0.25, 0.3) is 0 Å². The van der Waals surface area contributed by atoms with Crippen LogP contribution in [0.25, 0.3) is 11.1 Å². The number of nitrogens with zero attached hydrogens (tertiary/aromatic N) is 3. The lowest BCUT2D eigenvalue weighted by molar-refractivity contribution is -0.118. The first-order chi connectivity index (χ1) is 11.8. The zero-order valence-corrected chi connectivity index (χ0v) is 15.1. The molecule has 0 saturated carbocycles. The first kappa shape index (κ1) is 17.2. The maximum absolute atomic E-state index is 12.6. The first-order valence-electron chi connectivity index (χ1n) is 8.15. The van der Waals surface area contributed by atoms with Gasteiger partial charge in [0.05, 0.1) is 6.20 Å². The minimum absolute atomic E-state index is 0.158. The highest BCUT2D eigenvalue weighted by molar-refractivity contribution is 5.96. The molecular weight excluding hydrogens is 318 g/mol. The van der Waals surface area contributed by atoms with Crippen LogP contribution < -0.4 is 10.6 Å². The number of fused-ring (bicyclic) bond motifs is 1. The van der Waals surface area contributed by atoms with Crippen molar-refractivity contribution in [2.75, 3.05) is 12.4 Å². The Hall–Kier alpha value is -2.67. The van der Waals surface area contributed by atoms with Crippen molar-refractivity contribution in [1.82, 2.24) is 20.1 Å². The Balaban J connectivity index is 1.83. The minimum Gasteiger partial charge on any atom is -0.440 e. The van der Waals surface area contributed by atoms with Gasteiger partial charge in [-0.3, -0.25) is 9.48 Å². The van der Waals surface area contributed by atoms with Crippen LogP contribution in [0.15, 0.2) is 35.0 Å². The number of amides is 1. The monoisotopic (exact) mass is 341 g/mol. The molecule has 0 saturated heterocycles. The third-order valence-electron chi connectivity index (χ3n) is 3.91. The van der Waals surface area contributed by atoms with Crippen LogP contribution in [0.3, 0.4) is 0 Å². The molecule has 2 aromatic heterocycles. The van der Waals surface area contributed by atoms with Crippen LogP contribution in [0.1, 0.15) is 38.3 Å². The highest BCUT2D eigenvalue weighted by atomic mass is 16.3. The molecule has 1 unspecified atom stereocenters. The number of oxazole rings is 1. The lowest BCUT2D eigenvalue weighted by Crippen LogP contribution is -2.30. The number of hydrogen-bond acceptors (Lipinski definition) is 5. The lowest BCUT2D eigenvalue weighted by Gasteiger charge is -2.14. The molecule has 0 spiro atoms. The van der Waals surface area contributed by atoms with E-state index in [0.717, 1.165) is 11.1 Å². The molecule has 2 N–H and O–H groups in total. The van der Waals surface area contributed by atoms with Gasteiger partial charge in [-0.2, -0.15) is 5.10 Å². The molecule has 0 aliphatic carbocycles. The number of aryl methyl sites for hydroxylation is 1. The van der Waals surface area contributed by atoms with Crippen LogP contribution >= 0.6 is 0 Å². The summed E-state index contributed by atoms with van der Waals surface area (Å²) in [5.74, 6) is 0.517. The topological polar surface area (TPSA) is 85.0 Å². The van der Waals surface area contributed by atoms with Gasteiger partial charge in [0.15, 0.2) is 5.58 Å². The molecule has 0 fully saturated rings. The van der Waals surface area contributed by atoms with Crippen LogP contribution in [-0.2, 0) is 17.3 Å². The molecule has 7 nitrogen and oxygen atoms in total. The predicted octanol–water partition coefficient (Wildman–Crippen LogP) is 2.76. The number of hydrogen-bond donors (Lipinski definition) is 2.